The number of benzene rings is 1. The van der Waals surface area contributed by atoms with Crippen molar-refractivity contribution in [2.75, 3.05) is 0 Å². The monoisotopic (exact) mass is 331 g/mol. The van der Waals surface area contributed by atoms with Crippen molar-refractivity contribution in [3.05, 3.63) is 51.1 Å². The molecule has 0 aliphatic heterocycles. The summed E-state index contributed by atoms with van der Waals surface area (Å²) >= 11 is 18.0. The van der Waals surface area contributed by atoms with Gasteiger partial charge < -0.3 is 15.7 Å². The molecule has 0 saturated heterocycles. The molecule has 3 N–H and O–H groups in total. The zero-order chi connectivity index (χ0) is 14.7. The van der Waals surface area contributed by atoms with Crippen LogP contribution in [0.15, 0.2) is 35.6 Å². The average Bonchev–Trinajstić information content (AvgIpc) is 2.45. The standard InChI is InChI=1S/C12H8Cl3N3O2/c13-7-2-1-3-8(10(7)15)20-12-9(14)6(4-5-17-12)11(16)18-19/h1-5,19H,(H2,16,18). The largest absolute Gasteiger partial charge is 0.436 e. The second-order valence-corrected chi connectivity index (χ2v) is 4.78. The molecule has 2 aromatic rings. The van der Waals surface area contributed by atoms with Gasteiger partial charge in [0.05, 0.1) is 5.02 Å². The van der Waals surface area contributed by atoms with Crippen LogP contribution in [0.2, 0.25) is 15.1 Å². The Morgan fingerprint density at radius 2 is 1.95 bits per heavy atom. The molecule has 2 rings (SSSR count). The lowest BCUT2D eigenvalue weighted by molar-refractivity contribution is 0.318. The highest BCUT2D eigenvalue weighted by molar-refractivity contribution is 6.43. The fraction of sp³-hybridized carbons (Fsp3) is 0. The van der Waals surface area contributed by atoms with E-state index in [9.17, 15) is 0 Å². The van der Waals surface area contributed by atoms with Crippen molar-refractivity contribution in [3.63, 3.8) is 0 Å². The number of hydrogen-bond donors (Lipinski definition) is 2. The molecule has 0 aliphatic rings. The molecule has 1 heterocycles. The van der Waals surface area contributed by atoms with Gasteiger partial charge in [0.1, 0.15) is 15.8 Å². The molecule has 0 radical (unpaired) electrons. The van der Waals surface area contributed by atoms with Gasteiger partial charge in [0.15, 0.2) is 5.84 Å². The summed E-state index contributed by atoms with van der Waals surface area (Å²) in [5.74, 6) is 0.213. The molecule has 0 amide bonds. The van der Waals surface area contributed by atoms with Crippen LogP contribution in [-0.2, 0) is 0 Å². The molecule has 1 aromatic heterocycles. The van der Waals surface area contributed by atoms with Gasteiger partial charge in [0, 0.05) is 11.8 Å². The number of rotatable bonds is 3. The Kier molecular flexibility index (Phi) is 4.54. The Bertz CT molecular complexity index is 677. The first-order chi connectivity index (χ1) is 9.54. The van der Waals surface area contributed by atoms with E-state index in [1.165, 1.54) is 12.3 Å². The third-order valence-electron chi connectivity index (χ3n) is 2.36. The fourth-order valence-corrected chi connectivity index (χ4v) is 1.99. The third-order valence-corrected chi connectivity index (χ3v) is 3.53. The lowest BCUT2D eigenvalue weighted by Gasteiger charge is -2.10. The number of hydrogen-bond acceptors (Lipinski definition) is 4. The van der Waals surface area contributed by atoms with Crippen molar-refractivity contribution in [1.82, 2.24) is 4.98 Å². The molecule has 0 saturated carbocycles. The summed E-state index contributed by atoms with van der Waals surface area (Å²) in [6.45, 7) is 0. The van der Waals surface area contributed by atoms with Crippen LogP contribution < -0.4 is 10.5 Å². The fourth-order valence-electron chi connectivity index (χ4n) is 1.41. The molecule has 0 spiro atoms. The molecule has 0 aliphatic carbocycles. The van der Waals surface area contributed by atoms with Gasteiger partial charge >= 0.3 is 0 Å². The van der Waals surface area contributed by atoms with E-state index < -0.39 is 0 Å². The molecule has 0 bridgehead atoms. The van der Waals surface area contributed by atoms with Gasteiger partial charge in [-0.05, 0) is 18.2 Å². The number of aromatic nitrogens is 1. The van der Waals surface area contributed by atoms with Crippen molar-refractivity contribution in [2.45, 2.75) is 0 Å². The highest BCUT2D eigenvalue weighted by Gasteiger charge is 2.15. The van der Waals surface area contributed by atoms with Crippen LogP contribution >= 0.6 is 34.8 Å². The maximum Gasteiger partial charge on any atom is 0.238 e. The van der Waals surface area contributed by atoms with Gasteiger partial charge in [-0.3, -0.25) is 0 Å². The Balaban J connectivity index is 2.42. The normalized spacial score (nSPS) is 11.4. The van der Waals surface area contributed by atoms with Crippen molar-refractivity contribution in [3.8, 4) is 11.6 Å². The molecular weight excluding hydrogens is 325 g/mol. The molecule has 0 fully saturated rings. The van der Waals surface area contributed by atoms with Crippen LogP contribution in [0, 0.1) is 0 Å². The maximum atomic E-state index is 8.68. The summed E-state index contributed by atoms with van der Waals surface area (Å²) < 4.78 is 5.50. The zero-order valence-corrected chi connectivity index (χ0v) is 12.1. The second-order valence-electron chi connectivity index (χ2n) is 3.62. The Hall–Kier alpha value is -1.69. The van der Waals surface area contributed by atoms with E-state index >= 15 is 0 Å². The molecule has 0 atom stereocenters. The predicted molar refractivity (Wildman–Crippen MR) is 78.3 cm³/mol. The summed E-state index contributed by atoms with van der Waals surface area (Å²) in [5.41, 5.74) is 5.79. The van der Waals surface area contributed by atoms with Crippen LogP contribution in [0.1, 0.15) is 5.56 Å². The number of amidine groups is 1. The maximum absolute atomic E-state index is 8.68. The minimum absolute atomic E-state index is 0.0694. The van der Waals surface area contributed by atoms with E-state index in [0.29, 0.717) is 10.8 Å². The summed E-state index contributed by atoms with van der Waals surface area (Å²) in [5, 5.41) is 12.2. The Labute approximate surface area is 129 Å². The number of ether oxygens (including phenoxy) is 1. The smallest absolute Gasteiger partial charge is 0.238 e. The number of nitrogens with zero attached hydrogens (tertiary/aromatic N) is 2. The van der Waals surface area contributed by atoms with Crippen LogP contribution in [0.3, 0.4) is 0 Å². The van der Waals surface area contributed by atoms with Gasteiger partial charge in [0.25, 0.3) is 0 Å². The van der Waals surface area contributed by atoms with Gasteiger partial charge in [-0.1, -0.05) is 46.0 Å². The average molecular weight is 333 g/mol. The lowest BCUT2D eigenvalue weighted by Crippen LogP contribution is -2.14. The summed E-state index contributed by atoms with van der Waals surface area (Å²) in [4.78, 5) is 3.97. The highest BCUT2D eigenvalue weighted by atomic mass is 35.5. The van der Waals surface area contributed by atoms with E-state index in [4.69, 9.17) is 50.5 Å². The highest BCUT2D eigenvalue weighted by Crippen LogP contribution is 2.36. The first-order valence-electron chi connectivity index (χ1n) is 5.29. The molecule has 5 nitrogen and oxygen atoms in total. The SMILES string of the molecule is N/C(=N/O)c1ccnc(Oc2cccc(Cl)c2Cl)c1Cl. The van der Waals surface area contributed by atoms with Gasteiger partial charge in [0.2, 0.25) is 5.88 Å². The van der Waals surface area contributed by atoms with E-state index in [-0.39, 0.29) is 27.3 Å². The van der Waals surface area contributed by atoms with E-state index in [1.54, 1.807) is 18.2 Å². The van der Waals surface area contributed by atoms with Crippen LogP contribution in [0.5, 0.6) is 11.6 Å². The minimum Gasteiger partial charge on any atom is -0.436 e. The quantitative estimate of drug-likeness (QED) is 0.386. The molecule has 20 heavy (non-hydrogen) atoms. The molecule has 104 valence electrons. The van der Waals surface area contributed by atoms with Crippen molar-refractivity contribution >= 4 is 40.6 Å². The summed E-state index contributed by atoms with van der Waals surface area (Å²) in [6, 6.07) is 6.40. The van der Waals surface area contributed by atoms with Gasteiger partial charge in [-0.25, -0.2) is 4.98 Å². The Morgan fingerprint density at radius 3 is 2.65 bits per heavy atom. The first-order valence-corrected chi connectivity index (χ1v) is 6.42. The van der Waals surface area contributed by atoms with Crippen molar-refractivity contribution in [1.29, 1.82) is 0 Å². The summed E-state index contributed by atoms with van der Waals surface area (Å²) in [7, 11) is 0. The first kappa shape index (κ1) is 14.7. The number of nitrogens with two attached hydrogens (primary N) is 1. The number of halogens is 3. The predicted octanol–water partition coefficient (Wildman–Crippen LogP) is 3.93. The molecule has 0 unspecified atom stereocenters. The van der Waals surface area contributed by atoms with Crippen LogP contribution in [0.4, 0.5) is 0 Å². The zero-order valence-electron chi connectivity index (χ0n) is 9.85. The molecule has 1 aromatic carbocycles. The van der Waals surface area contributed by atoms with Crippen molar-refractivity contribution < 1.29 is 9.94 Å². The van der Waals surface area contributed by atoms with Crippen molar-refractivity contribution in [2.24, 2.45) is 10.9 Å². The Morgan fingerprint density at radius 1 is 1.20 bits per heavy atom. The topological polar surface area (TPSA) is 80.7 Å². The molecular formula is C12H8Cl3N3O2. The van der Waals surface area contributed by atoms with E-state index in [1.807, 2.05) is 0 Å². The van der Waals surface area contributed by atoms with E-state index in [2.05, 4.69) is 10.1 Å². The lowest BCUT2D eigenvalue weighted by atomic mass is 10.2. The summed E-state index contributed by atoms with van der Waals surface area (Å²) in [6.07, 6.45) is 1.41. The van der Waals surface area contributed by atoms with Gasteiger partial charge in [-0.2, -0.15) is 0 Å². The van der Waals surface area contributed by atoms with Crippen LogP contribution in [-0.4, -0.2) is 16.0 Å². The van der Waals surface area contributed by atoms with Crippen LogP contribution in [0.25, 0.3) is 0 Å². The minimum atomic E-state index is -0.153. The van der Waals surface area contributed by atoms with E-state index in [0.717, 1.165) is 0 Å². The second kappa shape index (κ2) is 6.17. The number of pyridine rings is 1. The number of oxime groups is 1. The third kappa shape index (κ3) is 2.90. The molecule has 8 heteroatoms. The van der Waals surface area contributed by atoms with Gasteiger partial charge in [-0.15, -0.1) is 0 Å².